The van der Waals surface area contributed by atoms with E-state index in [1.807, 2.05) is 11.8 Å². The van der Waals surface area contributed by atoms with Crippen LogP contribution in [0.3, 0.4) is 0 Å². The Hall–Kier alpha value is 0.230. The van der Waals surface area contributed by atoms with Gasteiger partial charge in [-0.15, -0.1) is 0 Å². The van der Waals surface area contributed by atoms with Crippen LogP contribution in [0.15, 0.2) is 0 Å². The topological polar surface area (TPSA) is 30.5 Å². The van der Waals surface area contributed by atoms with E-state index < -0.39 is 0 Å². The van der Waals surface area contributed by atoms with E-state index in [0.29, 0.717) is 0 Å². The van der Waals surface area contributed by atoms with Gasteiger partial charge in [0, 0.05) is 25.3 Å². The fraction of sp³-hybridized carbons (Fsp3) is 1.00. The zero-order valence-corrected chi connectivity index (χ0v) is 9.20. The molecule has 3 saturated heterocycles. The molecule has 0 aromatic rings. The zero-order chi connectivity index (χ0) is 9.49. The molecule has 3 heterocycles. The first-order valence-corrected chi connectivity index (χ1v) is 6.59. The Balaban J connectivity index is 1.77. The van der Waals surface area contributed by atoms with Crippen LogP contribution in [-0.4, -0.2) is 42.6 Å². The van der Waals surface area contributed by atoms with E-state index in [1.165, 1.54) is 5.75 Å². The molecule has 0 amide bonds. The summed E-state index contributed by atoms with van der Waals surface area (Å²) in [6.07, 6.45) is 3.35. The zero-order valence-electron chi connectivity index (χ0n) is 8.38. The van der Waals surface area contributed by atoms with Gasteiger partial charge in [-0.3, -0.25) is 5.32 Å². The number of hydrogen-bond acceptors (Lipinski definition) is 4. The van der Waals surface area contributed by atoms with E-state index in [1.54, 1.807) is 0 Å². The molecule has 2 atom stereocenters. The molecule has 2 unspecified atom stereocenters. The van der Waals surface area contributed by atoms with Gasteiger partial charge in [-0.2, -0.15) is 11.8 Å². The smallest absolute Gasteiger partial charge is 0.130 e. The Labute approximate surface area is 88.9 Å². The highest BCUT2D eigenvalue weighted by atomic mass is 32.2. The van der Waals surface area contributed by atoms with Crippen LogP contribution in [0.1, 0.15) is 19.3 Å². The first-order valence-electron chi connectivity index (χ1n) is 5.43. The Morgan fingerprint density at radius 2 is 2.21 bits per heavy atom. The molecule has 3 aliphatic heterocycles. The minimum absolute atomic E-state index is 0.0172. The quantitative estimate of drug-likeness (QED) is 0.653. The molecule has 3 fully saturated rings. The van der Waals surface area contributed by atoms with Crippen LogP contribution in [-0.2, 0) is 9.47 Å². The van der Waals surface area contributed by atoms with E-state index >= 15 is 0 Å². The summed E-state index contributed by atoms with van der Waals surface area (Å²) >= 11 is 1.99. The lowest BCUT2D eigenvalue weighted by Crippen LogP contribution is -2.60. The monoisotopic (exact) mass is 215 g/mol. The van der Waals surface area contributed by atoms with Gasteiger partial charge in [0.25, 0.3) is 0 Å². The summed E-state index contributed by atoms with van der Waals surface area (Å²) in [5.74, 6) is 2.33. The summed E-state index contributed by atoms with van der Waals surface area (Å²) in [4.78, 5) is 0. The minimum atomic E-state index is -0.0172. The second-order valence-corrected chi connectivity index (χ2v) is 5.67. The third-order valence-corrected chi connectivity index (χ3v) is 4.66. The second-order valence-electron chi connectivity index (χ2n) is 4.56. The SMILES string of the molecule is C1CC2(CCOC2)OC2(CCSC2)N1. The third-order valence-electron chi connectivity index (χ3n) is 3.49. The Bertz CT molecular complexity index is 200. The van der Waals surface area contributed by atoms with Crippen molar-refractivity contribution in [2.45, 2.75) is 30.6 Å². The molecule has 80 valence electrons. The van der Waals surface area contributed by atoms with Crippen LogP contribution in [0.5, 0.6) is 0 Å². The van der Waals surface area contributed by atoms with Gasteiger partial charge in [-0.25, -0.2) is 0 Å². The Morgan fingerprint density at radius 1 is 1.21 bits per heavy atom. The van der Waals surface area contributed by atoms with Crippen molar-refractivity contribution in [2.24, 2.45) is 0 Å². The van der Waals surface area contributed by atoms with Gasteiger partial charge in [0.15, 0.2) is 0 Å². The van der Waals surface area contributed by atoms with Gasteiger partial charge in [0.1, 0.15) is 5.72 Å². The number of ether oxygens (including phenoxy) is 2. The van der Waals surface area contributed by atoms with Crippen molar-refractivity contribution < 1.29 is 9.47 Å². The number of nitrogens with one attached hydrogen (secondary N) is 1. The summed E-state index contributed by atoms with van der Waals surface area (Å²) in [6, 6.07) is 0. The van der Waals surface area contributed by atoms with Gasteiger partial charge in [-0.1, -0.05) is 0 Å². The third kappa shape index (κ3) is 1.48. The first-order chi connectivity index (χ1) is 6.83. The largest absolute Gasteiger partial charge is 0.378 e. The molecule has 0 aromatic carbocycles. The molecule has 0 radical (unpaired) electrons. The molecule has 14 heavy (non-hydrogen) atoms. The number of thioether (sulfide) groups is 1. The standard InChI is InChI=1S/C10H17NO2S/c1-4-11-10(3-6-14-8-10)13-9(1)2-5-12-7-9/h11H,1-8H2. The van der Waals surface area contributed by atoms with Gasteiger partial charge >= 0.3 is 0 Å². The van der Waals surface area contributed by atoms with E-state index in [-0.39, 0.29) is 11.3 Å². The molecule has 0 saturated carbocycles. The Morgan fingerprint density at radius 3 is 2.93 bits per heavy atom. The average molecular weight is 215 g/mol. The van der Waals surface area contributed by atoms with Crippen molar-refractivity contribution in [3.8, 4) is 0 Å². The molecule has 0 aromatic heterocycles. The lowest BCUT2D eigenvalue weighted by atomic mass is 9.94. The summed E-state index contributed by atoms with van der Waals surface area (Å²) in [5, 5.41) is 3.55. The normalized spacial score (nSPS) is 48.0. The van der Waals surface area contributed by atoms with Gasteiger partial charge < -0.3 is 9.47 Å². The highest BCUT2D eigenvalue weighted by molar-refractivity contribution is 7.99. The van der Waals surface area contributed by atoms with Crippen molar-refractivity contribution in [3.05, 3.63) is 0 Å². The predicted molar refractivity (Wildman–Crippen MR) is 56.5 cm³/mol. The van der Waals surface area contributed by atoms with Crippen molar-refractivity contribution in [2.75, 3.05) is 31.3 Å². The highest BCUT2D eigenvalue weighted by Crippen LogP contribution is 2.40. The first kappa shape index (κ1) is 9.46. The summed E-state index contributed by atoms with van der Waals surface area (Å²) in [5.41, 5.74) is 0.0345. The lowest BCUT2D eigenvalue weighted by molar-refractivity contribution is -0.187. The van der Waals surface area contributed by atoms with E-state index in [0.717, 1.165) is 44.8 Å². The van der Waals surface area contributed by atoms with Crippen molar-refractivity contribution in [1.29, 1.82) is 0 Å². The molecule has 3 aliphatic rings. The molecule has 0 bridgehead atoms. The molecule has 4 heteroatoms. The fourth-order valence-corrected chi connectivity index (χ4v) is 3.91. The van der Waals surface area contributed by atoms with E-state index in [4.69, 9.17) is 9.47 Å². The van der Waals surface area contributed by atoms with Crippen molar-refractivity contribution in [1.82, 2.24) is 5.32 Å². The second kappa shape index (κ2) is 3.37. The van der Waals surface area contributed by atoms with Crippen LogP contribution in [0.25, 0.3) is 0 Å². The van der Waals surface area contributed by atoms with Gasteiger partial charge in [0.05, 0.1) is 12.2 Å². The van der Waals surface area contributed by atoms with Gasteiger partial charge in [0.2, 0.25) is 0 Å². The maximum absolute atomic E-state index is 6.33. The van der Waals surface area contributed by atoms with Crippen LogP contribution < -0.4 is 5.32 Å². The molecular weight excluding hydrogens is 198 g/mol. The molecule has 2 spiro atoms. The average Bonchev–Trinajstić information content (AvgIpc) is 2.77. The maximum Gasteiger partial charge on any atom is 0.130 e. The summed E-state index contributed by atoms with van der Waals surface area (Å²) < 4.78 is 11.8. The van der Waals surface area contributed by atoms with E-state index in [9.17, 15) is 0 Å². The van der Waals surface area contributed by atoms with Crippen LogP contribution in [0.4, 0.5) is 0 Å². The van der Waals surface area contributed by atoms with Crippen LogP contribution in [0, 0.1) is 0 Å². The molecule has 0 aliphatic carbocycles. The van der Waals surface area contributed by atoms with E-state index in [2.05, 4.69) is 5.32 Å². The van der Waals surface area contributed by atoms with Crippen molar-refractivity contribution in [3.63, 3.8) is 0 Å². The molecular formula is C10H17NO2S. The summed E-state index contributed by atoms with van der Waals surface area (Å²) in [7, 11) is 0. The van der Waals surface area contributed by atoms with Crippen LogP contribution >= 0.6 is 11.8 Å². The molecule has 1 N–H and O–H groups in total. The molecule has 3 rings (SSSR count). The Kier molecular flexibility index (Phi) is 2.28. The number of hydrogen-bond donors (Lipinski definition) is 1. The lowest BCUT2D eigenvalue weighted by Gasteiger charge is -2.44. The maximum atomic E-state index is 6.33. The predicted octanol–water partition coefficient (Wildman–Crippen LogP) is 0.989. The fourth-order valence-electron chi connectivity index (χ4n) is 2.65. The van der Waals surface area contributed by atoms with Crippen LogP contribution in [0.2, 0.25) is 0 Å². The highest BCUT2D eigenvalue weighted by Gasteiger charge is 2.48. The molecule has 3 nitrogen and oxygen atoms in total. The minimum Gasteiger partial charge on any atom is -0.378 e. The van der Waals surface area contributed by atoms with Crippen molar-refractivity contribution >= 4 is 11.8 Å². The number of rotatable bonds is 0. The summed E-state index contributed by atoms with van der Waals surface area (Å²) in [6.45, 7) is 2.77. The van der Waals surface area contributed by atoms with Gasteiger partial charge in [-0.05, 0) is 18.6 Å².